The molecule has 3 heteroatoms. The summed E-state index contributed by atoms with van der Waals surface area (Å²) in [6.07, 6.45) is 3.92. The van der Waals surface area contributed by atoms with Crippen LogP contribution in [0, 0.1) is 11.8 Å². The van der Waals surface area contributed by atoms with Crippen LogP contribution in [-0.4, -0.2) is 19.8 Å². The predicted molar refractivity (Wildman–Crippen MR) is 83.8 cm³/mol. The molecule has 0 spiro atoms. The van der Waals surface area contributed by atoms with Gasteiger partial charge in [0.05, 0.1) is 13.7 Å². The first-order valence-electron chi connectivity index (χ1n) is 7.73. The van der Waals surface area contributed by atoms with Crippen LogP contribution in [0.1, 0.15) is 40.0 Å². The number of methoxy groups -OCH3 is 1. The standard InChI is InChI=1S/C17H27NO2/c1-5-20-16-10-9-14(11-17(16)19-4)18-15-8-6-7-12(2)13(15)3/h9-13,15,18H,5-8H2,1-4H3. The number of nitrogens with one attached hydrogen (secondary N) is 1. The first-order valence-corrected chi connectivity index (χ1v) is 7.73. The van der Waals surface area contributed by atoms with Gasteiger partial charge in [-0.3, -0.25) is 0 Å². The summed E-state index contributed by atoms with van der Waals surface area (Å²) in [6, 6.07) is 6.67. The topological polar surface area (TPSA) is 30.5 Å². The van der Waals surface area contributed by atoms with E-state index in [4.69, 9.17) is 9.47 Å². The molecule has 0 amide bonds. The van der Waals surface area contributed by atoms with Crippen LogP contribution >= 0.6 is 0 Å². The zero-order valence-corrected chi connectivity index (χ0v) is 13.1. The zero-order valence-electron chi connectivity index (χ0n) is 13.1. The molecule has 0 bridgehead atoms. The van der Waals surface area contributed by atoms with Crippen molar-refractivity contribution in [2.75, 3.05) is 19.0 Å². The summed E-state index contributed by atoms with van der Waals surface area (Å²) in [5.41, 5.74) is 1.12. The molecule has 3 atom stereocenters. The highest BCUT2D eigenvalue weighted by Crippen LogP contribution is 2.34. The van der Waals surface area contributed by atoms with Gasteiger partial charge in [0.1, 0.15) is 0 Å². The molecular formula is C17H27NO2. The summed E-state index contributed by atoms with van der Waals surface area (Å²) in [5, 5.41) is 3.67. The van der Waals surface area contributed by atoms with E-state index in [9.17, 15) is 0 Å². The van der Waals surface area contributed by atoms with E-state index in [2.05, 4.69) is 25.2 Å². The van der Waals surface area contributed by atoms with Gasteiger partial charge >= 0.3 is 0 Å². The fourth-order valence-electron chi connectivity index (χ4n) is 3.03. The summed E-state index contributed by atoms with van der Waals surface area (Å²) in [4.78, 5) is 0. The number of benzene rings is 1. The highest BCUT2D eigenvalue weighted by Gasteiger charge is 2.26. The minimum Gasteiger partial charge on any atom is -0.493 e. The maximum absolute atomic E-state index is 5.56. The van der Waals surface area contributed by atoms with Gasteiger partial charge in [-0.1, -0.05) is 26.7 Å². The lowest BCUT2D eigenvalue weighted by atomic mass is 9.78. The molecular weight excluding hydrogens is 250 g/mol. The van der Waals surface area contributed by atoms with Gasteiger partial charge in [0.25, 0.3) is 0 Å². The summed E-state index contributed by atoms with van der Waals surface area (Å²) in [7, 11) is 1.69. The molecule has 0 heterocycles. The molecule has 1 aromatic carbocycles. The maximum atomic E-state index is 5.56. The second kappa shape index (κ2) is 6.87. The van der Waals surface area contributed by atoms with Gasteiger partial charge in [0.2, 0.25) is 0 Å². The molecule has 0 radical (unpaired) electrons. The normalized spacial score (nSPS) is 26.1. The number of hydrogen-bond acceptors (Lipinski definition) is 3. The molecule has 1 N–H and O–H groups in total. The van der Waals surface area contributed by atoms with E-state index in [0.717, 1.165) is 23.1 Å². The second-order valence-corrected chi connectivity index (χ2v) is 5.82. The van der Waals surface area contributed by atoms with Crippen LogP contribution in [0.2, 0.25) is 0 Å². The van der Waals surface area contributed by atoms with Crippen molar-refractivity contribution in [1.82, 2.24) is 0 Å². The minimum atomic E-state index is 0.557. The molecule has 1 aliphatic rings. The van der Waals surface area contributed by atoms with Gasteiger partial charge in [-0.15, -0.1) is 0 Å². The van der Waals surface area contributed by atoms with E-state index in [0.29, 0.717) is 18.6 Å². The highest BCUT2D eigenvalue weighted by molar-refractivity contribution is 5.55. The lowest BCUT2D eigenvalue weighted by molar-refractivity contribution is 0.253. The Kier molecular flexibility index (Phi) is 5.16. The fraction of sp³-hybridized carbons (Fsp3) is 0.647. The molecule has 20 heavy (non-hydrogen) atoms. The van der Waals surface area contributed by atoms with Crippen LogP contribution in [0.4, 0.5) is 5.69 Å². The molecule has 0 aliphatic heterocycles. The fourth-order valence-corrected chi connectivity index (χ4v) is 3.03. The van der Waals surface area contributed by atoms with Crippen LogP contribution in [0.5, 0.6) is 11.5 Å². The first-order chi connectivity index (χ1) is 9.65. The zero-order chi connectivity index (χ0) is 14.5. The van der Waals surface area contributed by atoms with Crippen LogP contribution in [-0.2, 0) is 0 Å². The molecule has 3 unspecified atom stereocenters. The molecule has 1 aromatic rings. The molecule has 0 saturated heterocycles. The second-order valence-electron chi connectivity index (χ2n) is 5.82. The lowest BCUT2D eigenvalue weighted by Crippen LogP contribution is -2.34. The van der Waals surface area contributed by atoms with Gasteiger partial charge in [-0.05, 0) is 37.3 Å². The van der Waals surface area contributed by atoms with Crippen molar-refractivity contribution in [1.29, 1.82) is 0 Å². The molecule has 2 rings (SSSR count). The number of ether oxygens (including phenoxy) is 2. The van der Waals surface area contributed by atoms with Crippen molar-refractivity contribution in [2.45, 2.75) is 46.1 Å². The van der Waals surface area contributed by atoms with Crippen molar-refractivity contribution in [2.24, 2.45) is 11.8 Å². The largest absolute Gasteiger partial charge is 0.493 e. The van der Waals surface area contributed by atoms with Gasteiger partial charge in [-0.25, -0.2) is 0 Å². The Balaban J connectivity index is 2.09. The Morgan fingerprint density at radius 1 is 1.20 bits per heavy atom. The van der Waals surface area contributed by atoms with Crippen LogP contribution in [0.15, 0.2) is 18.2 Å². The lowest BCUT2D eigenvalue weighted by Gasteiger charge is -2.35. The molecule has 0 aromatic heterocycles. The molecule has 1 saturated carbocycles. The van der Waals surface area contributed by atoms with E-state index < -0.39 is 0 Å². The van der Waals surface area contributed by atoms with Crippen molar-refractivity contribution in [3.63, 3.8) is 0 Å². The summed E-state index contributed by atoms with van der Waals surface area (Å²) in [5.74, 6) is 3.12. The number of rotatable bonds is 5. The van der Waals surface area contributed by atoms with Crippen LogP contribution in [0.3, 0.4) is 0 Å². The van der Waals surface area contributed by atoms with Gasteiger partial charge < -0.3 is 14.8 Å². The van der Waals surface area contributed by atoms with Crippen LogP contribution in [0.25, 0.3) is 0 Å². The highest BCUT2D eigenvalue weighted by atomic mass is 16.5. The molecule has 1 fully saturated rings. The summed E-state index contributed by atoms with van der Waals surface area (Å²) < 4.78 is 11.0. The monoisotopic (exact) mass is 277 g/mol. The summed E-state index contributed by atoms with van der Waals surface area (Å²) in [6.45, 7) is 7.35. The van der Waals surface area contributed by atoms with Crippen molar-refractivity contribution in [3.8, 4) is 11.5 Å². The van der Waals surface area contributed by atoms with Gasteiger partial charge in [-0.2, -0.15) is 0 Å². The minimum absolute atomic E-state index is 0.557. The number of hydrogen-bond donors (Lipinski definition) is 1. The molecule has 3 nitrogen and oxygen atoms in total. The Morgan fingerprint density at radius 3 is 2.70 bits per heavy atom. The Hall–Kier alpha value is -1.38. The van der Waals surface area contributed by atoms with Crippen molar-refractivity contribution < 1.29 is 9.47 Å². The quantitative estimate of drug-likeness (QED) is 0.869. The summed E-state index contributed by atoms with van der Waals surface area (Å²) >= 11 is 0. The van der Waals surface area contributed by atoms with Gasteiger partial charge in [0, 0.05) is 17.8 Å². The third kappa shape index (κ3) is 3.38. The molecule has 1 aliphatic carbocycles. The van der Waals surface area contributed by atoms with E-state index in [1.165, 1.54) is 19.3 Å². The average molecular weight is 277 g/mol. The third-order valence-electron chi connectivity index (χ3n) is 4.52. The predicted octanol–water partition coefficient (Wildman–Crippen LogP) is 4.33. The Labute approximate surface area is 122 Å². The van der Waals surface area contributed by atoms with E-state index in [1.54, 1.807) is 7.11 Å². The van der Waals surface area contributed by atoms with Crippen molar-refractivity contribution >= 4 is 5.69 Å². The van der Waals surface area contributed by atoms with E-state index >= 15 is 0 Å². The van der Waals surface area contributed by atoms with Crippen molar-refractivity contribution in [3.05, 3.63) is 18.2 Å². The smallest absolute Gasteiger partial charge is 0.162 e. The average Bonchev–Trinajstić information content (AvgIpc) is 2.45. The Morgan fingerprint density at radius 2 is 2.00 bits per heavy atom. The van der Waals surface area contributed by atoms with Crippen LogP contribution < -0.4 is 14.8 Å². The van der Waals surface area contributed by atoms with E-state index in [-0.39, 0.29) is 0 Å². The third-order valence-corrected chi connectivity index (χ3v) is 4.52. The Bertz CT molecular complexity index is 433. The van der Waals surface area contributed by atoms with E-state index in [1.807, 2.05) is 19.1 Å². The molecule has 112 valence electrons. The first kappa shape index (κ1) is 15.0. The number of anilines is 1. The maximum Gasteiger partial charge on any atom is 0.162 e. The van der Waals surface area contributed by atoms with Gasteiger partial charge in [0.15, 0.2) is 11.5 Å². The SMILES string of the molecule is CCOc1ccc(NC2CCCC(C)C2C)cc1OC.